The molecule has 1 aromatic heterocycles. The Balaban J connectivity index is 2.11. The number of ketones is 1. The molecule has 0 amide bonds. The standard InChI is InChI=1S/C15H11FN2O/c16-12-6-5-9(7-13(12)17)15(19)11-8-18-14-4-2-1-3-10(11)14/h1-8,18H,17H2. The van der Waals surface area contributed by atoms with E-state index >= 15 is 0 Å². The lowest BCUT2D eigenvalue weighted by Gasteiger charge is -2.02. The van der Waals surface area contributed by atoms with Crippen LogP contribution in [0.1, 0.15) is 15.9 Å². The Bertz CT molecular complexity index is 777. The van der Waals surface area contributed by atoms with E-state index in [1.807, 2.05) is 24.3 Å². The Hall–Kier alpha value is -2.62. The third-order valence-corrected chi connectivity index (χ3v) is 3.09. The minimum Gasteiger partial charge on any atom is -0.396 e. The van der Waals surface area contributed by atoms with E-state index < -0.39 is 5.82 Å². The molecule has 2 aromatic carbocycles. The number of nitrogens with two attached hydrogens (primary N) is 1. The van der Waals surface area contributed by atoms with Crippen LogP contribution >= 0.6 is 0 Å². The normalized spacial score (nSPS) is 10.8. The molecule has 3 nitrogen and oxygen atoms in total. The monoisotopic (exact) mass is 254 g/mol. The quantitative estimate of drug-likeness (QED) is 0.545. The van der Waals surface area contributed by atoms with Crippen LogP contribution in [0.25, 0.3) is 10.9 Å². The maximum absolute atomic E-state index is 13.1. The molecule has 0 radical (unpaired) electrons. The fourth-order valence-electron chi connectivity index (χ4n) is 2.10. The number of carbonyl (C=O) groups is 1. The first-order chi connectivity index (χ1) is 9.16. The number of rotatable bonds is 2. The Labute approximate surface area is 108 Å². The molecule has 0 saturated carbocycles. The van der Waals surface area contributed by atoms with Gasteiger partial charge in [-0.25, -0.2) is 4.39 Å². The number of aromatic nitrogens is 1. The van der Waals surface area contributed by atoms with Gasteiger partial charge < -0.3 is 10.7 Å². The van der Waals surface area contributed by atoms with Crippen molar-refractivity contribution in [1.82, 2.24) is 4.98 Å². The SMILES string of the molecule is Nc1cc(C(=O)c2c[nH]c3ccccc23)ccc1F. The first-order valence-electron chi connectivity index (χ1n) is 5.82. The van der Waals surface area contributed by atoms with E-state index in [9.17, 15) is 9.18 Å². The average Bonchev–Trinajstić information content (AvgIpc) is 2.85. The number of H-pyrrole nitrogens is 1. The van der Waals surface area contributed by atoms with Crippen molar-refractivity contribution in [3.63, 3.8) is 0 Å². The predicted octanol–water partition coefficient (Wildman–Crippen LogP) is 3.12. The van der Waals surface area contributed by atoms with Crippen LogP contribution in [0.5, 0.6) is 0 Å². The van der Waals surface area contributed by atoms with Gasteiger partial charge in [0.2, 0.25) is 0 Å². The van der Waals surface area contributed by atoms with Crippen molar-refractivity contribution in [3.8, 4) is 0 Å². The number of halogens is 1. The number of fused-ring (bicyclic) bond motifs is 1. The minimum absolute atomic E-state index is 0.0225. The summed E-state index contributed by atoms with van der Waals surface area (Å²) in [6.07, 6.45) is 1.66. The van der Waals surface area contributed by atoms with E-state index in [1.165, 1.54) is 18.2 Å². The van der Waals surface area contributed by atoms with Gasteiger partial charge in [0.1, 0.15) is 5.82 Å². The minimum atomic E-state index is -0.518. The number of para-hydroxylation sites is 1. The molecular formula is C15H11FN2O. The van der Waals surface area contributed by atoms with Gasteiger partial charge in [0, 0.05) is 28.2 Å². The highest BCUT2D eigenvalue weighted by molar-refractivity contribution is 6.16. The second kappa shape index (κ2) is 4.24. The molecule has 0 fully saturated rings. The maximum atomic E-state index is 13.1. The predicted molar refractivity (Wildman–Crippen MR) is 72.5 cm³/mol. The van der Waals surface area contributed by atoms with Crippen LogP contribution in [-0.4, -0.2) is 10.8 Å². The van der Waals surface area contributed by atoms with Gasteiger partial charge in [0.05, 0.1) is 5.69 Å². The molecule has 3 rings (SSSR count). The zero-order valence-electron chi connectivity index (χ0n) is 9.98. The fourth-order valence-corrected chi connectivity index (χ4v) is 2.10. The van der Waals surface area contributed by atoms with Crippen LogP contribution < -0.4 is 5.73 Å². The smallest absolute Gasteiger partial charge is 0.195 e. The molecule has 0 aliphatic heterocycles. The molecule has 3 aromatic rings. The molecule has 4 heteroatoms. The van der Waals surface area contributed by atoms with E-state index in [1.54, 1.807) is 6.20 Å². The van der Waals surface area contributed by atoms with Crippen molar-refractivity contribution in [2.75, 3.05) is 5.73 Å². The molecule has 0 unspecified atom stereocenters. The lowest BCUT2D eigenvalue weighted by atomic mass is 10.0. The maximum Gasteiger partial charge on any atom is 0.195 e. The molecular weight excluding hydrogens is 243 g/mol. The molecule has 0 spiro atoms. The number of anilines is 1. The highest BCUT2D eigenvalue weighted by Crippen LogP contribution is 2.22. The second-order valence-corrected chi connectivity index (χ2v) is 4.31. The zero-order valence-corrected chi connectivity index (χ0v) is 9.98. The summed E-state index contributed by atoms with van der Waals surface area (Å²) in [7, 11) is 0. The summed E-state index contributed by atoms with van der Waals surface area (Å²) in [5, 5.41) is 0.843. The molecule has 0 saturated heterocycles. The molecule has 0 atom stereocenters. The van der Waals surface area contributed by atoms with Gasteiger partial charge in [-0.1, -0.05) is 18.2 Å². The van der Waals surface area contributed by atoms with E-state index in [-0.39, 0.29) is 11.5 Å². The summed E-state index contributed by atoms with van der Waals surface area (Å²) in [4.78, 5) is 15.4. The zero-order chi connectivity index (χ0) is 13.4. The van der Waals surface area contributed by atoms with Gasteiger partial charge in [-0.05, 0) is 24.3 Å². The first-order valence-corrected chi connectivity index (χ1v) is 5.82. The number of nitrogens with one attached hydrogen (secondary N) is 1. The Morgan fingerprint density at radius 1 is 1.16 bits per heavy atom. The van der Waals surface area contributed by atoms with Crippen molar-refractivity contribution >= 4 is 22.4 Å². The molecule has 3 N–H and O–H groups in total. The molecule has 0 aliphatic carbocycles. The number of aromatic amines is 1. The van der Waals surface area contributed by atoms with Crippen molar-refractivity contribution < 1.29 is 9.18 Å². The van der Waals surface area contributed by atoms with Gasteiger partial charge in [-0.2, -0.15) is 0 Å². The number of benzene rings is 2. The van der Waals surface area contributed by atoms with Crippen LogP contribution in [0.2, 0.25) is 0 Å². The van der Waals surface area contributed by atoms with Crippen molar-refractivity contribution in [3.05, 3.63) is 65.6 Å². The van der Waals surface area contributed by atoms with Crippen LogP contribution in [0.3, 0.4) is 0 Å². The number of nitrogen functional groups attached to an aromatic ring is 1. The van der Waals surface area contributed by atoms with Crippen molar-refractivity contribution in [1.29, 1.82) is 0 Å². The van der Waals surface area contributed by atoms with Gasteiger partial charge in [0.15, 0.2) is 5.78 Å². The Morgan fingerprint density at radius 3 is 2.74 bits per heavy atom. The Morgan fingerprint density at radius 2 is 1.95 bits per heavy atom. The van der Waals surface area contributed by atoms with Crippen LogP contribution in [0.4, 0.5) is 10.1 Å². The van der Waals surface area contributed by atoms with Crippen molar-refractivity contribution in [2.24, 2.45) is 0 Å². The number of hydrogen-bond donors (Lipinski definition) is 2. The number of hydrogen-bond acceptors (Lipinski definition) is 2. The summed E-state index contributed by atoms with van der Waals surface area (Å²) in [6.45, 7) is 0. The lowest BCUT2D eigenvalue weighted by molar-refractivity contribution is 0.104. The van der Waals surface area contributed by atoms with Crippen molar-refractivity contribution in [2.45, 2.75) is 0 Å². The van der Waals surface area contributed by atoms with E-state index in [4.69, 9.17) is 5.73 Å². The van der Waals surface area contributed by atoms with E-state index in [0.717, 1.165) is 10.9 Å². The third-order valence-electron chi connectivity index (χ3n) is 3.09. The molecule has 19 heavy (non-hydrogen) atoms. The molecule has 0 bridgehead atoms. The molecule has 0 aliphatic rings. The molecule has 1 heterocycles. The van der Waals surface area contributed by atoms with E-state index in [0.29, 0.717) is 11.1 Å². The van der Waals surface area contributed by atoms with Crippen LogP contribution in [0, 0.1) is 5.82 Å². The Kier molecular flexibility index (Phi) is 2.56. The lowest BCUT2D eigenvalue weighted by Crippen LogP contribution is -2.02. The summed E-state index contributed by atoms with van der Waals surface area (Å²) in [5.41, 5.74) is 7.29. The van der Waals surface area contributed by atoms with Crippen LogP contribution in [-0.2, 0) is 0 Å². The highest BCUT2D eigenvalue weighted by Gasteiger charge is 2.14. The highest BCUT2D eigenvalue weighted by atomic mass is 19.1. The van der Waals surface area contributed by atoms with Gasteiger partial charge >= 0.3 is 0 Å². The summed E-state index contributed by atoms with van der Waals surface area (Å²) in [6, 6.07) is 11.5. The van der Waals surface area contributed by atoms with E-state index in [2.05, 4.69) is 4.98 Å². The van der Waals surface area contributed by atoms with Gasteiger partial charge in [-0.3, -0.25) is 4.79 Å². The summed E-state index contributed by atoms with van der Waals surface area (Å²) in [5.74, 6) is -0.695. The third kappa shape index (κ3) is 1.87. The topological polar surface area (TPSA) is 58.9 Å². The van der Waals surface area contributed by atoms with Crippen LogP contribution in [0.15, 0.2) is 48.7 Å². The number of carbonyl (C=O) groups excluding carboxylic acids is 1. The van der Waals surface area contributed by atoms with Gasteiger partial charge in [0.25, 0.3) is 0 Å². The summed E-state index contributed by atoms with van der Waals surface area (Å²) < 4.78 is 13.1. The fraction of sp³-hybridized carbons (Fsp3) is 0. The second-order valence-electron chi connectivity index (χ2n) is 4.31. The first kappa shape index (κ1) is 11.5. The average molecular weight is 254 g/mol. The summed E-state index contributed by atoms with van der Waals surface area (Å²) >= 11 is 0. The van der Waals surface area contributed by atoms with Gasteiger partial charge in [-0.15, -0.1) is 0 Å². The molecule has 94 valence electrons. The largest absolute Gasteiger partial charge is 0.396 e.